The lowest BCUT2D eigenvalue weighted by Gasteiger charge is -2.45. The molecule has 4 aliphatic carbocycles. The first-order chi connectivity index (χ1) is 44.0. The smallest absolute Gasteiger partial charge is 0.155 e. The summed E-state index contributed by atoms with van der Waals surface area (Å²) in [7, 11) is 0. The van der Waals surface area contributed by atoms with E-state index in [0.717, 1.165) is 118 Å². The average molecular weight is 1140 g/mol. The van der Waals surface area contributed by atoms with Gasteiger partial charge in [0, 0.05) is 73.7 Å². The van der Waals surface area contributed by atoms with Gasteiger partial charge in [0.1, 0.15) is 22.3 Å². The molecule has 89 heavy (non-hydrogen) atoms. The quantitative estimate of drug-likeness (QED) is 0.142. The molecule has 4 aromatic heterocycles. The summed E-state index contributed by atoms with van der Waals surface area (Å²) in [5.74, 6) is 0.971. The molecule has 5 nitrogen and oxygen atoms in total. The van der Waals surface area contributed by atoms with Gasteiger partial charge in [-0.3, -0.25) is 4.98 Å². The van der Waals surface area contributed by atoms with Crippen LogP contribution in [-0.2, 0) is 0 Å². The molecular formula is C84H53N3O2. The minimum Gasteiger partial charge on any atom is -0.455 e. The molecule has 4 heterocycles. The Labute approximate surface area is 513 Å². The molecule has 2 unspecified atom stereocenters. The number of aromatic nitrogens is 3. The van der Waals surface area contributed by atoms with Crippen LogP contribution in [0.1, 0.15) is 59.3 Å². The number of fused-ring (bicyclic) bond motifs is 6. The summed E-state index contributed by atoms with van der Waals surface area (Å²) in [6, 6.07) is 75.2. The molecule has 416 valence electrons. The van der Waals surface area contributed by atoms with E-state index < -0.39 is 0 Å². The van der Waals surface area contributed by atoms with Crippen LogP contribution in [0, 0.1) is 5.41 Å². The molecule has 11 aromatic carbocycles. The number of hydrogen-bond acceptors (Lipinski definition) is 5. The fourth-order valence-corrected chi connectivity index (χ4v) is 15.7. The zero-order valence-electron chi connectivity index (χ0n) is 48.6. The summed E-state index contributed by atoms with van der Waals surface area (Å²) >= 11 is 0. The lowest BCUT2D eigenvalue weighted by Crippen LogP contribution is -2.33. The largest absolute Gasteiger partial charge is 0.455 e. The summed E-state index contributed by atoms with van der Waals surface area (Å²) in [5.41, 5.74) is 26.1. The van der Waals surface area contributed by atoms with Gasteiger partial charge >= 0.3 is 0 Å². The summed E-state index contributed by atoms with van der Waals surface area (Å²) in [6.07, 6.45) is 26.0. The second-order valence-electron chi connectivity index (χ2n) is 24.6. The van der Waals surface area contributed by atoms with Gasteiger partial charge in [-0.05, 0) is 172 Å². The molecule has 0 N–H and O–H groups in total. The van der Waals surface area contributed by atoms with Crippen LogP contribution in [0.5, 0.6) is 0 Å². The van der Waals surface area contributed by atoms with Crippen LogP contribution in [0.2, 0.25) is 0 Å². The first kappa shape index (κ1) is 49.9. The molecule has 0 spiro atoms. The lowest BCUT2D eigenvalue weighted by atomic mass is 9.57. The molecule has 4 aliphatic rings. The zero-order valence-corrected chi connectivity index (χ0v) is 48.6. The highest BCUT2D eigenvalue weighted by atomic mass is 16.3. The summed E-state index contributed by atoms with van der Waals surface area (Å²) < 4.78 is 13.7. The van der Waals surface area contributed by atoms with Gasteiger partial charge in [0.2, 0.25) is 0 Å². The molecule has 0 bridgehead atoms. The second kappa shape index (κ2) is 19.1. The summed E-state index contributed by atoms with van der Waals surface area (Å²) in [6.45, 7) is 2.35. The van der Waals surface area contributed by atoms with Gasteiger partial charge in [-0.1, -0.05) is 213 Å². The molecule has 0 fully saturated rings. The molecule has 0 saturated heterocycles. The Morgan fingerprint density at radius 3 is 1.89 bits per heavy atom. The number of hydrogen-bond donors (Lipinski definition) is 0. The Kier molecular flexibility index (Phi) is 10.7. The first-order valence-corrected chi connectivity index (χ1v) is 30.8. The van der Waals surface area contributed by atoms with Crippen molar-refractivity contribution in [3.8, 4) is 55.8 Å². The SMILES string of the molecule is CC12C=Cc3ccc(C4=CC=C(c5cccc6c5oc5cc(-c7cc8c(-c9ccc(-c%10ccccn%10)cc9)ccc9ccc%10c(-c%11cccc(-c%12cccc%13c%12oc%12ccccc%12%13)c%11)ccc7c%10c98)ccc56)CC4)c4c3C1C(=CC=C2c1ncccn1)C=C4. The van der Waals surface area contributed by atoms with Crippen molar-refractivity contribution in [1.82, 2.24) is 15.0 Å². The molecule has 15 aromatic rings. The number of furan rings is 2. The van der Waals surface area contributed by atoms with E-state index in [4.69, 9.17) is 18.8 Å². The van der Waals surface area contributed by atoms with Crippen molar-refractivity contribution in [2.45, 2.75) is 25.7 Å². The van der Waals surface area contributed by atoms with Crippen LogP contribution in [-0.4, -0.2) is 15.0 Å². The van der Waals surface area contributed by atoms with Gasteiger partial charge < -0.3 is 8.83 Å². The van der Waals surface area contributed by atoms with Gasteiger partial charge in [0.15, 0.2) is 5.82 Å². The fraction of sp³-hybridized carbons (Fsp3) is 0.0595. The van der Waals surface area contributed by atoms with Gasteiger partial charge in [-0.15, -0.1) is 0 Å². The summed E-state index contributed by atoms with van der Waals surface area (Å²) in [5, 5.41) is 11.8. The highest BCUT2D eigenvalue weighted by Crippen LogP contribution is 2.59. The van der Waals surface area contributed by atoms with E-state index in [1.54, 1.807) is 0 Å². The summed E-state index contributed by atoms with van der Waals surface area (Å²) in [4.78, 5) is 14.1. The number of benzene rings is 11. The Hall–Kier alpha value is -11.3. The number of para-hydroxylation sites is 3. The van der Waals surface area contributed by atoms with Crippen LogP contribution in [0.3, 0.4) is 0 Å². The third-order valence-corrected chi connectivity index (χ3v) is 19.9. The molecular weight excluding hydrogens is 1080 g/mol. The van der Waals surface area contributed by atoms with E-state index in [1.165, 1.54) is 82.4 Å². The second-order valence-corrected chi connectivity index (χ2v) is 24.6. The standard InChI is InChI=1S/C84H53N3O2/c1-84-42-41-54-28-33-59(66-37-30-55(80(84)78(54)66)32-40-73(84)83-86-44-9-45-87-83)49-19-21-51(22-20-49)62-13-7-16-70-65-35-31-58(47-76(65)89-81(62)70)71-48-72-60(50-23-25-52(26-24-50)74-17-4-5-43-85-74)34-27-53-29-36-67-61(38-39-68(71)79(67)77(53)72)56-10-6-11-57(46-56)63-14-8-15-69-64-12-2-3-18-75(64)88-82(63)69/h2-19,21,23-48,80H,20,22H2,1H3. The maximum absolute atomic E-state index is 7.16. The first-order valence-electron chi connectivity index (χ1n) is 30.8. The highest BCUT2D eigenvalue weighted by Gasteiger charge is 2.46. The number of nitrogens with zero attached hydrogens (tertiary/aromatic N) is 3. The molecule has 2 atom stereocenters. The third-order valence-electron chi connectivity index (χ3n) is 19.9. The fourth-order valence-electron chi connectivity index (χ4n) is 15.7. The van der Waals surface area contributed by atoms with Crippen LogP contribution < -0.4 is 0 Å². The van der Waals surface area contributed by atoms with Crippen molar-refractivity contribution < 1.29 is 8.83 Å². The molecule has 0 saturated carbocycles. The van der Waals surface area contributed by atoms with Crippen LogP contribution in [0.15, 0.2) is 276 Å². The number of pyridine rings is 1. The maximum atomic E-state index is 7.16. The molecule has 0 aliphatic heterocycles. The predicted octanol–water partition coefficient (Wildman–Crippen LogP) is 22.3. The van der Waals surface area contributed by atoms with Crippen LogP contribution in [0.25, 0.3) is 161 Å². The predicted molar refractivity (Wildman–Crippen MR) is 368 cm³/mol. The molecule has 0 radical (unpaired) electrons. The Bertz CT molecular complexity index is 5730. The van der Waals surface area contributed by atoms with Crippen molar-refractivity contribution in [1.29, 1.82) is 0 Å². The maximum Gasteiger partial charge on any atom is 0.155 e. The Morgan fingerprint density at radius 1 is 0.404 bits per heavy atom. The van der Waals surface area contributed by atoms with Crippen molar-refractivity contribution in [3.63, 3.8) is 0 Å². The van der Waals surface area contributed by atoms with E-state index >= 15 is 0 Å². The average Bonchev–Trinajstić information content (AvgIpc) is 1.39. The zero-order chi connectivity index (χ0) is 58.5. The van der Waals surface area contributed by atoms with Crippen LogP contribution in [0.4, 0.5) is 0 Å². The molecule has 0 amide bonds. The van der Waals surface area contributed by atoms with Crippen LogP contribution >= 0.6 is 0 Å². The topological polar surface area (TPSA) is 65.0 Å². The van der Waals surface area contributed by atoms with E-state index in [-0.39, 0.29) is 11.3 Å². The van der Waals surface area contributed by atoms with Gasteiger partial charge in [0.05, 0.1) is 5.69 Å². The van der Waals surface area contributed by atoms with Gasteiger partial charge in [-0.25, -0.2) is 9.97 Å². The van der Waals surface area contributed by atoms with E-state index in [9.17, 15) is 0 Å². The van der Waals surface area contributed by atoms with Crippen molar-refractivity contribution in [2.24, 2.45) is 5.41 Å². The van der Waals surface area contributed by atoms with Crippen molar-refractivity contribution >= 4 is 105 Å². The van der Waals surface area contributed by atoms with Crippen molar-refractivity contribution in [3.05, 3.63) is 301 Å². The minimum atomic E-state index is -0.274. The Balaban J connectivity index is 0.727. The van der Waals surface area contributed by atoms with E-state index in [0.29, 0.717) is 0 Å². The Morgan fingerprint density at radius 2 is 1.04 bits per heavy atom. The number of allylic oxidation sites excluding steroid dienone is 10. The number of rotatable bonds is 8. The normalized spacial score (nSPS) is 16.8. The highest BCUT2D eigenvalue weighted by molar-refractivity contribution is 6.31. The van der Waals surface area contributed by atoms with E-state index in [1.807, 2.05) is 42.9 Å². The van der Waals surface area contributed by atoms with Gasteiger partial charge in [-0.2, -0.15) is 0 Å². The van der Waals surface area contributed by atoms with Gasteiger partial charge in [0.25, 0.3) is 0 Å². The van der Waals surface area contributed by atoms with Crippen molar-refractivity contribution in [2.75, 3.05) is 0 Å². The molecule has 5 heteroatoms. The third kappa shape index (κ3) is 7.52. The lowest BCUT2D eigenvalue weighted by molar-refractivity contribution is 0.480. The minimum absolute atomic E-state index is 0.180. The monoisotopic (exact) mass is 1140 g/mol. The molecule has 19 rings (SSSR count). The van der Waals surface area contributed by atoms with E-state index in [2.05, 4.69) is 243 Å².